The highest BCUT2D eigenvalue weighted by atomic mass is 32.1. The van der Waals surface area contributed by atoms with Crippen molar-refractivity contribution in [3.05, 3.63) is 83.9 Å². The summed E-state index contributed by atoms with van der Waals surface area (Å²) in [5.74, 6) is -0.601. The minimum Gasteiger partial charge on any atom is -0.451 e. The summed E-state index contributed by atoms with van der Waals surface area (Å²) in [5, 5.41) is 15.5. The smallest absolute Gasteiger partial charge is 0.293 e. The van der Waals surface area contributed by atoms with E-state index in [0.717, 1.165) is 10.9 Å². The molecule has 9 heteroatoms. The summed E-state index contributed by atoms with van der Waals surface area (Å²) >= 11 is 5.31. The average molecular weight is 445 g/mol. The summed E-state index contributed by atoms with van der Waals surface area (Å²) in [6.45, 7) is 1.89. The Labute approximate surface area is 186 Å². The first-order valence-corrected chi connectivity index (χ1v) is 10.1. The Hall–Kier alpha value is -4.11. The van der Waals surface area contributed by atoms with Gasteiger partial charge in [-0.3, -0.25) is 10.1 Å². The van der Waals surface area contributed by atoms with Crippen LogP contribution >= 0.6 is 12.2 Å². The SMILES string of the molecule is Cc1cc2nn(-c3ccc(F)cc3)nc2cc1NC(=S)NC(=O)c1cc2ccccc2o1. The zero-order chi connectivity index (χ0) is 22.2. The number of hydrogen-bond acceptors (Lipinski definition) is 5. The molecule has 2 aromatic heterocycles. The number of carbonyl (C=O) groups excluding carboxylic acids is 1. The number of aromatic nitrogens is 3. The molecular formula is C23H16FN5O2S. The Morgan fingerprint density at radius 3 is 2.50 bits per heavy atom. The third-order valence-electron chi connectivity index (χ3n) is 4.91. The molecule has 0 saturated carbocycles. The first-order chi connectivity index (χ1) is 15.5. The van der Waals surface area contributed by atoms with E-state index in [9.17, 15) is 9.18 Å². The fraction of sp³-hybridized carbons (Fsp3) is 0.0435. The van der Waals surface area contributed by atoms with Crippen molar-refractivity contribution in [2.75, 3.05) is 5.32 Å². The number of nitrogens with one attached hydrogen (secondary N) is 2. The molecule has 0 aliphatic rings. The minimum atomic E-state index is -0.445. The van der Waals surface area contributed by atoms with E-state index in [2.05, 4.69) is 20.8 Å². The Kier molecular flexibility index (Phi) is 4.87. The molecule has 0 aliphatic heterocycles. The van der Waals surface area contributed by atoms with Crippen LogP contribution in [0.2, 0.25) is 0 Å². The summed E-state index contributed by atoms with van der Waals surface area (Å²) in [6.07, 6.45) is 0. The number of furan rings is 1. The highest BCUT2D eigenvalue weighted by molar-refractivity contribution is 7.80. The molecule has 0 aliphatic carbocycles. The van der Waals surface area contributed by atoms with Crippen LogP contribution < -0.4 is 10.6 Å². The highest BCUT2D eigenvalue weighted by Gasteiger charge is 2.15. The number of benzene rings is 3. The lowest BCUT2D eigenvalue weighted by molar-refractivity contribution is 0.0953. The molecule has 0 atom stereocenters. The van der Waals surface area contributed by atoms with Crippen molar-refractivity contribution in [2.24, 2.45) is 0 Å². The van der Waals surface area contributed by atoms with Crippen LogP contribution in [0, 0.1) is 12.7 Å². The number of hydrogen-bond donors (Lipinski definition) is 2. The van der Waals surface area contributed by atoms with Crippen LogP contribution in [0.3, 0.4) is 0 Å². The molecule has 158 valence electrons. The van der Waals surface area contributed by atoms with Crippen molar-refractivity contribution >= 4 is 50.9 Å². The van der Waals surface area contributed by atoms with Gasteiger partial charge in [0.05, 0.1) is 5.69 Å². The zero-order valence-electron chi connectivity index (χ0n) is 16.8. The van der Waals surface area contributed by atoms with Crippen molar-refractivity contribution in [3.8, 4) is 5.69 Å². The Bertz CT molecular complexity index is 1460. The molecular weight excluding hydrogens is 429 g/mol. The van der Waals surface area contributed by atoms with Gasteiger partial charge >= 0.3 is 0 Å². The Morgan fingerprint density at radius 2 is 1.75 bits per heavy atom. The maximum absolute atomic E-state index is 13.2. The number of carbonyl (C=O) groups is 1. The third kappa shape index (κ3) is 3.81. The monoisotopic (exact) mass is 445 g/mol. The summed E-state index contributed by atoms with van der Waals surface area (Å²) in [5.41, 5.74) is 4.11. The lowest BCUT2D eigenvalue weighted by Crippen LogP contribution is -2.34. The van der Waals surface area contributed by atoms with Gasteiger partial charge in [-0.1, -0.05) is 18.2 Å². The van der Waals surface area contributed by atoms with E-state index in [1.807, 2.05) is 31.2 Å². The molecule has 0 spiro atoms. The number of para-hydroxylation sites is 1. The topological polar surface area (TPSA) is 85.0 Å². The number of amides is 1. The fourth-order valence-electron chi connectivity index (χ4n) is 3.30. The molecule has 0 radical (unpaired) electrons. The molecule has 5 aromatic rings. The normalized spacial score (nSPS) is 11.1. The maximum Gasteiger partial charge on any atom is 0.293 e. The Morgan fingerprint density at radius 1 is 1.03 bits per heavy atom. The van der Waals surface area contributed by atoms with Crippen LogP contribution in [0.15, 0.2) is 71.1 Å². The molecule has 5 rings (SSSR count). The highest BCUT2D eigenvalue weighted by Crippen LogP contribution is 2.23. The van der Waals surface area contributed by atoms with E-state index in [1.165, 1.54) is 16.9 Å². The number of halogens is 1. The van der Waals surface area contributed by atoms with Crippen molar-refractivity contribution in [1.29, 1.82) is 0 Å². The third-order valence-corrected chi connectivity index (χ3v) is 5.11. The number of thiocarbonyl (C=S) groups is 1. The molecule has 7 nitrogen and oxygen atoms in total. The van der Waals surface area contributed by atoms with Gasteiger partial charge in [0, 0.05) is 11.1 Å². The lowest BCUT2D eigenvalue weighted by Gasteiger charge is -2.10. The van der Waals surface area contributed by atoms with Gasteiger partial charge in [0.15, 0.2) is 10.9 Å². The van der Waals surface area contributed by atoms with Crippen molar-refractivity contribution in [1.82, 2.24) is 20.3 Å². The van der Waals surface area contributed by atoms with Gasteiger partial charge in [-0.15, -0.1) is 10.2 Å². The van der Waals surface area contributed by atoms with Gasteiger partial charge in [-0.05, 0) is 73.2 Å². The second kappa shape index (κ2) is 7.86. The summed E-state index contributed by atoms with van der Waals surface area (Å²) < 4.78 is 18.8. The number of rotatable bonds is 3. The number of nitrogens with zero attached hydrogens (tertiary/aromatic N) is 3. The maximum atomic E-state index is 13.2. The average Bonchev–Trinajstić information content (AvgIpc) is 3.38. The second-order valence-corrected chi connectivity index (χ2v) is 7.59. The summed E-state index contributed by atoms with van der Waals surface area (Å²) in [4.78, 5) is 14.0. The summed E-state index contributed by atoms with van der Waals surface area (Å²) in [6, 6.07) is 18.6. The van der Waals surface area contributed by atoms with Crippen LogP contribution in [0.5, 0.6) is 0 Å². The van der Waals surface area contributed by atoms with Gasteiger partial charge < -0.3 is 9.73 Å². The number of anilines is 1. The lowest BCUT2D eigenvalue weighted by atomic mass is 10.2. The number of fused-ring (bicyclic) bond motifs is 2. The molecule has 32 heavy (non-hydrogen) atoms. The molecule has 0 unspecified atom stereocenters. The van der Waals surface area contributed by atoms with E-state index in [1.54, 1.807) is 30.3 Å². The van der Waals surface area contributed by atoms with Crippen LogP contribution in [0.4, 0.5) is 10.1 Å². The van der Waals surface area contributed by atoms with Gasteiger partial charge in [-0.2, -0.15) is 4.80 Å². The summed E-state index contributed by atoms with van der Waals surface area (Å²) in [7, 11) is 0. The van der Waals surface area contributed by atoms with Crippen molar-refractivity contribution < 1.29 is 13.6 Å². The first kappa shape index (κ1) is 19.8. The molecule has 0 saturated heterocycles. The van der Waals surface area contributed by atoms with Crippen LogP contribution in [-0.4, -0.2) is 26.0 Å². The van der Waals surface area contributed by atoms with E-state index in [0.29, 0.717) is 28.0 Å². The fourth-order valence-corrected chi connectivity index (χ4v) is 3.51. The quantitative estimate of drug-likeness (QED) is 0.390. The standard InChI is InChI=1S/C23H16FN5O2S/c1-13-10-18-19(28-29(27-18)16-8-6-15(24)7-9-16)12-17(13)25-23(32)26-22(30)21-11-14-4-2-3-5-20(14)31-21/h2-12H,1H3,(H2,25,26,30,32). The predicted molar refractivity (Wildman–Crippen MR) is 123 cm³/mol. The molecule has 2 N–H and O–H groups in total. The van der Waals surface area contributed by atoms with Gasteiger partial charge in [-0.25, -0.2) is 4.39 Å². The molecule has 0 bridgehead atoms. The van der Waals surface area contributed by atoms with E-state index in [4.69, 9.17) is 16.6 Å². The van der Waals surface area contributed by atoms with Gasteiger partial charge in [0.1, 0.15) is 22.4 Å². The largest absolute Gasteiger partial charge is 0.451 e. The van der Waals surface area contributed by atoms with Crippen LogP contribution in [0.25, 0.3) is 27.7 Å². The predicted octanol–water partition coefficient (Wildman–Crippen LogP) is 4.74. The molecule has 2 heterocycles. The molecule has 1 amide bonds. The van der Waals surface area contributed by atoms with E-state index >= 15 is 0 Å². The minimum absolute atomic E-state index is 0.129. The van der Waals surface area contributed by atoms with Crippen LogP contribution in [-0.2, 0) is 0 Å². The zero-order valence-corrected chi connectivity index (χ0v) is 17.6. The molecule has 3 aromatic carbocycles. The van der Waals surface area contributed by atoms with E-state index < -0.39 is 5.91 Å². The first-order valence-electron chi connectivity index (χ1n) is 9.71. The van der Waals surface area contributed by atoms with Crippen molar-refractivity contribution in [2.45, 2.75) is 6.92 Å². The van der Waals surface area contributed by atoms with Crippen molar-refractivity contribution in [3.63, 3.8) is 0 Å². The van der Waals surface area contributed by atoms with E-state index in [-0.39, 0.29) is 16.7 Å². The second-order valence-electron chi connectivity index (χ2n) is 7.18. The number of aryl methyl sites for hydroxylation is 1. The van der Waals surface area contributed by atoms with Crippen LogP contribution in [0.1, 0.15) is 16.1 Å². The Balaban J connectivity index is 1.34. The van der Waals surface area contributed by atoms with Gasteiger partial charge in [0.2, 0.25) is 0 Å². The van der Waals surface area contributed by atoms with Gasteiger partial charge in [0.25, 0.3) is 5.91 Å². The molecule has 0 fully saturated rings.